The molecule has 1 saturated heterocycles. The molecule has 1 fully saturated rings. The number of carbonyl (C=O) groups excluding carboxylic acids is 2. The summed E-state index contributed by atoms with van der Waals surface area (Å²) in [6.45, 7) is 13.0. The van der Waals surface area contributed by atoms with E-state index in [0.29, 0.717) is 50.8 Å². The van der Waals surface area contributed by atoms with Crippen LogP contribution in [0.15, 0.2) is 40.4 Å². The number of aromatic nitrogens is 2. The van der Waals surface area contributed by atoms with Gasteiger partial charge in [0, 0.05) is 40.5 Å². The number of amides is 2. The number of rotatable bonds is 10. The molecule has 4 heterocycles. The van der Waals surface area contributed by atoms with Crippen LogP contribution in [0.5, 0.6) is 0 Å². The molecule has 2 amide bonds. The molecule has 0 saturated carbocycles. The average Bonchev–Trinajstić information content (AvgIpc) is 3.56. The summed E-state index contributed by atoms with van der Waals surface area (Å²) in [6.07, 6.45) is 7.42. The number of nitrogens with one attached hydrogen (secondary N) is 3. The van der Waals surface area contributed by atoms with Gasteiger partial charge in [0.05, 0.1) is 24.1 Å². The first-order valence-corrected chi connectivity index (χ1v) is 13.8. The van der Waals surface area contributed by atoms with Gasteiger partial charge < -0.3 is 25.5 Å². The second-order valence-corrected chi connectivity index (χ2v) is 10.8. The maximum absolute atomic E-state index is 12.4. The lowest BCUT2D eigenvalue weighted by molar-refractivity contribution is -0.137. The lowest BCUT2D eigenvalue weighted by Gasteiger charge is -2.13. The van der Waals surface area contributed by atoms with E-state index in [1.807, 2.05) is 39.8 Å². The van der Waals surface area contributed by atoms with Crippen molar-refractivity contribution in [3.63, 3.8) is 0 Å². The highest BCUT2D eigenvalue weighted by atomic mass is 16.4. The number of hydrogen-bond donors (Lipinski definition) is 5. The van der Waals surface area contributed by atoms with Crippen LogP contribution < -0.4 is 16.0 Å². The van der Waals surface area contributed by atoms with Crippen LogP contribution in [-0.4, -0.2) is 55.7 Å². The molecule has 2 unspecified atom stereocenters. The van der Waals surface area contributed by atoms with Gasteiger partial charge in [0.2, 0.25) is 5.91 Å². The molecule has 10 nitrogen and oxygen atoms in total. The Morgan fingerprint density at radius 2 is 1.71 bits per heavy atom. The first-order chi connectivity index (χ1) is 19.9. The van der Waals surface area contributed by atoms with Gasteiger partial charge in [-0.15, -0.1) is 0 Å². The van der Waals surface area contributed by atoms with Crippen LogP contribution in [0.2, 0.25) is 0 Å². The average molecular weight is 573 g/mol. The van der Waals surface area contributed by atoms with Gasteiger partial charge >= 0.3 is 11.9 Å². The van der Waals surface area contributed by atoms with E-state index < -0.39 is 11.9 Å². The van der Waals surface area contributed by atoms with Crippen molar-refractivity contribution < 1.29 is 29.4 Å². The first-order valence-electron chi connectivity index (χ1n) is 13.8. The number of aliphatic carboxylic acids is 2. The Morgan fingerprint density at radius 1 is 1.00 bits per heavy atom. The SMILES string of the molecule is C=CC1=C(C)C(/C=c2\[nH]/c(=C\c3[nH]c(CC4NC(=O)C(C)/C4=C\C)c(C)c3CCC(=O)O)c(CC(=O)O)c2C)=NC1=O. The topological polar surface area (TPSA) is 165 Å². The van der Waals surface area contributed by atoms with Crippen LogP contribution in [0.25, 0.3) is 12.2 Å². The van der Waals surface area contributed by atoms with Crippen LogP contribution in [0.4, 0.5) is 0 Å². The van der Waals surface area contributed by atoms with Crippen molar-refractivity contribution in [2.45, 2.75) is 66.3 Å². The molecule has 220 valence electrons. The molecule has 2 aromatic heterocycles. The van der Waals surface area contributed by atoms with Gasteiger partial charge in [0.1, 0.15) is 0 Å². The van der Waals surface area contributed by atoms with Crippen LogP contribution in [0, 0.1) is 19.8 Å². The van der Waals surface area contributed by atoms with E-state index in [-0.39, 0.29) is 43.0 Å². The minimum absolute atomic E-state index is 0.0296. The van der Waals surface area contributed by atoms with Crippen LogP contribution in [0.1, 0.15) is 60.8 Å². The van der Waals surface area contributed by atoms with E-state index >= 15 is 0 Å². The van der Waals surface area contributed by atoms with Crippen molar-refractivity contribution in [1.82, 2.24) is 15.3 Å². The van der Waals surface area contributed by atoms with Crippen LogP contribution in [0.3, 0.4) is 0 Å². The van der Waals surface area contributed by atoms with Crippen molar-refractivity contribution >= 4 is 41.6 Å². The zero-order chi connectivity index (χ0) is 30.9. The molecule has 5 N–H and O–H groups in total. The largest absolute Gasteiger partial charge is 0.481 e. The highest BCUT2D eigenvalue weighted by Crippen LogP contribution is 2.28. The van der Waals surface area contributed by atoms with E-state index in [1.165, 1.54) is 6.08 Å². The highest BCUT2D eigenvalue weighted by molar-refractivity contribution is 6.31. The molecule has 10 heteroatoms. The minimum Gasteiger partial charge on any atom is -0.481 e. The van der Waals surface area contributed by atoms with E-state index in [2.05, 4.69) is 26.9 Å². The van der Waals surface area contributed by atoms with Crippen molar-refractivity contribution in [1.29, 1.82) is 0 Å². The number of carboxylic acids is 2. The van der Waals surface area contributed by atoms with Gasteiger partial charge in [-0.2, -0.15) is 0 Å². The third-order valence-electron chi connectivity index (χ3n) is 8.25. The molecule has 0 spiro atoms. The Labute approximate surface area is 243 Å². The fraction of sp³-hybridized carbons (Fsp3) is 0.344. The fourth-order valence-electron chi connectivity index (χ4n) is 5.79. The van der Waals surface area contributed by atoms with E-state index in [1.54, 1.807) is 13.0 Å². The minimum atomic E-state index is -1.00. The van der Waals surface area contributed by atoms with E-state index in [9.17, 15) is 29.4 Å². The van der Waals surface area contributed by atoms with Gasteiger partial charge in [0.25, 0.3) is 5.91 Å². The summed E-state index contributed by atoms with van der Waals surface area (Å²) in [5.41, 5.74) is 7.10. The van der Waals surface area contributed by atoms with E-state index in [0.717, 1.165) is 22.4 Å². The molecular formula is C32H36N4O6. The fourth-order valence-corrected chi connectivity index (χ4v) is 5.79. The number of hydrogen-bond acceptors (Lipinski definition) is 4. The zero-order valence-corrected chi connectivity index (χ0v) is 24.5. The quantitative estimate of drug-likeness (QED) is 0.274. The van der Waals surface area contributed by atoms with E-state index in [4.69, 9.17) is 0 Å². The Balaban J connectivity index is 1.86. The summed E-state index contributed by atoms with van der Waals surface area (Å²) in [5.74, 6) is -2.55. The zero-order valence-electron chi connectivity index (χ0n) is 24.5. The molecule has 2 aromatic rings. The number of aromatic amines is 2. The Hall–Kier alpha value is -4.73. The number of nitrogens with zero attached hydrogens (tertiary/aromatic N) is 1. The summed E-state index contributed by atoms with van der Waals surface area (Å²) >= 11 is 0. The Kier molecular flexibility index (Phi) is 8.65. The molecule has 42 heavy (non-hydrogen) atoms. The number of H-pyrrole nitrogens is 2. The third kappa shape index (κ3) is 5.83. The lowest BCUT2D eigenvalue weighted by atomic mass is 9.94. The van der Waals surface area contributed by atoms with Crippen molar-refractivity contribution in [3.05, 3.63) is 79.8 Å². The van der Waals surface area contributed by atoms with Crippen LogP contribution in [-0.2, 0) is 38.4 Å². The van der Waals surface area contributed by atoms with Gasteiger partial charge in [-0.3, -0.25) is 19.2 Å². The molecule has 2 aliphatic heterocycles. The second-order valence-electron chi connectivity index (χ2n) is 10.8. The summed E-state index contributed by atoms with van der Waals surface area (Å²) < 4.78 is 0. The summed E-state index contributed by atoms with van der Waals surface area (Å²) in [5, 5.41) is 23.3. The predicted molar refractivity (Wildman–Crippen MR) is 160 cm³/mol. The molecule has 0 aliphatic carbocycles. The van der Waals surface area contributed by atoms with Crippen LogP contribution >= 0.6 is 0 Å². The number of carbonyl (C=O) groups is 4. The second kappa shape index (κ2) is 12.0. The van der Waals surface area contributed by atoms with Gasteiger partial charge in [-0.05, 0) is 86.6 Å². The van der Waals surface area contributed by atoms with Gasteiger partial charge in [-0.25, -0.2) is 4.99 Å². The first kappa shape index (κ1) is 30.2. The normalized spacial score (nSPS) is 20.6. The summed E-state index contributed by atoms with van der Waals surface area (Å²) in [4.78, 5) is 58.8. The van der Waals surface area contributed by atoms with Crippen molar-refractivity contribution in [2.75, 3.05) is 0 Å². The van der Waals surface area contributed by atoms with Crippen molar-refractivity contribution in [3.8, 4) is 0 Å². The molecule has 4 rings (SSSR count). The number of aliphatic imine (C=N–C) groups is 1. The third-order valence-corrected chi connectivity index (χ3v) is 8.25. The Morgan fingerprint density at radius 3 is 2.31 bits per heavy atom. The maximum atomic E-state index is 12.4. The summed E-state index contributed by atoms with van der Waals surface area (Å²) in [6, 6.07) is -0.182. The maximum Gasteiger partial charge on any atom is 0.307 e. The predicted octanol–water partition coefficient (Wildman–Crippen LogP) is 2.32. The molecular weight excluding hydrogens is 536 g/mol. The van der Waals surface area contributed by atoms with Gasteiger partial charge in [-0.1, -0.05) is 18.7 Å². The highest BCUT2D eigenvalue weighted by Gasteiger charge is 2.34. The molecule has 2 atom stereocenters. The molecule has 0 bridgehead atoms. The number of allylic oxidation sites excluding steroid dienone is 2. The Bertz CT molecular complexity index is 1730. The summed E-state index contributed by atoms with van der Waals surface area (Å²) in [7, 11) is 0. The van der Waals surface area contributed by atoms with Crippen molar-refractivity contribution in [2.24, 2.45) is 10.9 Å². The lowest BCUT2D eigenvalue weighted by Crippen LogP contribution is -2.28. The standard InChI is InChI=1S/C32H36N4O6/c1-7-19-18(6)31(41)36-26(19)13-24-16(4)21(9-10-29(37)38)27(33-24)14-28-22(11-30(39)40)17(5)23(34-28)12-25-15(3)20(8-2)32(42)35-25/h7-8,12,14,18,26,33-34H,2,9-11,13H2,1,3-6H3,(H,36,41)(H,37,38)(H,39,40)/b19-7+,23-12-,28-14-. The smallest absolute Gasteiger partial charge is 0.307 e. The van der Waals surface area contributed by atoms with Gasteiger partial charge in [0.15, 0.2) is 0 Å². The molecule has 0 aromatic carbocycles. The molecule has 2 aliphatic rings. The molecule has 0 radical (unpaired) electrons. The number of carboxylic acid groups (broad SMARTS) is 2. The monoisotopic (exact) mass is 572 g/mol.